The van der Waals surface area contributed by atoms with Crippen molar-refractivity contribution < 1.29 is 0 Å². The quantitative estimate of drug-likeness (QED) is 0.321. The van der Waals surface area contributed by atoms with Crippen molar-refractivity contribution in [1.82, 2.24) is 29.7 Å². The summed E-state index contributed by atoms with van der Waals surface area (Å²) in [5.74, 6) is 1.82. The third kappa shape index (κ3) is 5.57. The minimum absolute atomic E-state index is 0. The third-order valence-corrected chi connectivity index (χ3v) is 5.19. The zero-order chi connectivity index (χ0) is 19.9. The van der Waals surface area contributed by atoms with Crippen LogP contribution in [-0.2, 0) is 13.1 Å². The molecule has 2 aromatic heterocycles. The molecule has 0 atom stereocenters. The van der Waals surface area contributed by atoms with Gasteiger partial charge in [-0.05, 0) is 11.6 Å². The van der Waals surface area contributed by atoms with Crippen LogP contribution in [0.1, 0.15) is 11.1 Å². The number of piperazine rings is 1. The molecule has 3 aromatic rings. The molecule has 0 bridgehead atoms. The van der Waals surface area contributed by atoms with E-state index in [0.29, 0.717) is 6.54 Å². The molecule has 1 saturated heterocycles. The Morgan fingerprint density at radius 1 is 1.03 bits per heavy atom. The third-order valence-electron chi connectivity index (χ3n) is 5.19. The van der Waals surface area contributed by atoms with Crippen molar-refractivity contribution in [2.75, 3.05) is 33.2 Å². The Hall–Kier alpha value is -2.46. The van der Waals surface area contributed by atoms with E-state index in [9.17, 15) is 0 Å². The second-order valence-electron chi connectivity index (χ2n) is 7.11. The van der Waals surface area contributed by atoms with E-state index in [4.69, 9.17) is 0 Å². The molecule has 1 fully saturated rings. The minimum Gasteiger partial charge on any atom is -0.352 e. The number of nitrogens with zero attached hydrogens (tertiary/aromatic N) is 6. The average molecular weight is 517 g/mol. The molecule has 0 radical (unpaired) electrons. The maximum atomic E-state index is 4.51. The minimum atomic E-state index is 0. The van der Waals surface area contributed by atoms with E-state index in [2.05, 4.69) is 66.5 Å². The monoisotopic (exact) mass is 517 g/mol. The fraction of sp³-hybridized carbons (Fsp3) is 0.318. The lowest BCUT2D eigenvalue weighted by Gasteiger charge is -2.36. The van der Waals surface area contributed by atoms with Crippen LogP contribution in [0.25, 0.3) is 5.82 Å². The molecule has 1 aliphatic heterocycles. The van der Waals surface area contributed by atoms with Gasteiger partial charge in [0.2, 0.25) is 0 Å². The maximum Gasteiger partial charge on any atom is 0.194 e. The largest absolute Gasteiger partial charge is 0.352 e. The molecule has 1 N–H and O–H groups in total. The van der Waals surface area contributed by atoms with Gasteiger partial charge < -0.3 is 10.2 Å². The van der Waals surface area contributed by atoms with Gasteiger partial charge in [0.1, 0.15) is 12.1 Å². The molecular formula is C22H28IN7. The van der Waals surface area contributed by atoms with Gasteiger partial charge in [-0.2, -0.15) is 0 Å². The van der Waals surface area contributed by atoms with E-state index >= 15 is 0 Å². The summed E-state index contributed by atoms with van der Waals surface area (Å²) in [6.45, 7) is 5.66. The number of pyridine rings is 1. The Balaban J connectivity index is 0.00000256. The lowest BCUT2D eigenvalue weighted by molar-refractivity contribution is 0.172. The van der Waals surface area contributed by atoms with Crippen LogP contribution in [0.5, 0.6) is 0 Å². The van der Waals surface area contributed by atoms with Crippen molar-refractivity contribution in [3.05, 3.63) is 78.5 Å². The second kappa shape index (κ2) is 11.1. The summed E-state index contributed by atoms with van der Waals surface area (Å²) in [5, 5.41) is 3.51. The molecule has 0 aliphatic carbocycles. The number of halogens is 1. The summed E-state index contributed by atoms with van der Waals surface area (Å²) >= 11 is 0. The SMILES string of the molecule is CN=C(NCc1cccnc1-n1ccnc1)N1CCN(Cc2ccccc2)CC1.I. The number of rotatable bonds is 5. The highest BCUT2D eigenvalue weighted by Crippen LogP contribution is 2.12. The van der Waals surface area contributed by atoms with Crippen LogP contribution in [0.3, 0.4) is 0 Å². The zero-order valence-electron chi connectivity index (χ0n) is 17.2. The van der Waals surface area contributed by atoms with E-state index < -0.39 is 0 Å². The number of hydrogen-bond acceptors (Lipinski definition) is 4. The second-order valence-corrected chi connectivity index (χ2v) is 7.11. The Kier molecular flexibility index (Phi) is 8.21. The Bertz CT molecular complexity index is 920. The van der Waals surface area contributed by atoms with Gasteiger partial charge in [-0.3, -0.25) is 14.5 Å². The summed E-state index contributed by atoms with van der Waals surface area (Å²) < 4.78 is 1.93. The van der Waals surface area contributed by atoms with Crippen LogP contribution < -0.4 is 5.32 Å². The normalized spacial score (nSPS) is 15.0. The number of nitrogens with one attached hydrogen (secondary N) is 1. The first-order valence-corrected chi connectivity index (χ1v) is 9.97. The van der Waals surface area contributed by atoms with Crippen molar-refractivity contribution in [2.24, 2.45) is 4.99 Å². The van der Waals surface area contributed by atoms with Gasteiger partial charge in [0, 0.05) is 70.5 Å². The fourth-order valence-corrected chi connectivity index (χ4v) is 3.65. The topological polar surface area (TPSA) is 61.6 Å². The van der Waals surface area contributed by atoms with Gasteiger partial charge in [0.25, 0.3) is 0 Å². The van der Waals surface area contributed by atoms with Gasteiger partial charge in [-0.25, -0.2) is 9.97 Å². The molecule has 0 unspecified atom stereocenters. The van der Waals surface area contributed by atoms with Gasteiger partial charge in [0.05, 0.1) is 0 Å². The molecule has 158 valence electrons. The van der Waals surface area contributed by atoms with E-state index in [0.717, 1.165) is 50.1 Å². The lowest BCUT2D eigenvalue weighted by Crippen LogP contribution is -2.52. The highest BCUT2D eigenvalue weighted by Gasteiger charge is 2.20. The first-order valence-electron chi connectivity index (χ1n) is 9.97. The van der Waals surface area contributed by atoms with Gasteiger partial charge in [-0.15, -0.1) is 24.0 Å². The van der Waals surface area contributed by atoms with Crippen molar-refractivity contribution >= 4 is 29.9 Å². The molecule has 0 spiro atoms. The summed E-state index contributed by atoms with van der Waals surface area (Å²) in [7, 11) is 1.85. The number of benzene rings is 1. The summed E-state index contributed by atoms with van der Waals surface area (Å²) in [5.41, 5.74) is 2.47. The van der Waals surface area contributed by atoms with E-state index in [1.54, 1.807) is 18.7 Å². The van der Waals surface area contributed by atoms with Crippen LogP contribution in [0, 0.1) is 0 Å². The molecule has 4 rings (SSSR count). The zero-order valence-corrected chi connectivity index (χ0v) is 19.5. The molecule has 1 aromatic carbocycles. The number of hydrogen-bond donors (Lipinski definition) is 1. The molecule has 0 saturated carbocycles. The molecule has 7 nitrogen and oxygen atoms in total. The molecule has 1 aliphatic rings. The van der Waals surface area contributed by atoms with Crippen LogP contribution in [-0.4, -0.2) is 63.5 Å². The predicted molar refractivity (Wildman–Crippen MR) is 130 cm³/mol. The van der Waals surface area contributed by atoms with Crippen LogP contribution in [0.2, 0.25) is 0 Å². The van der Waals surface area contributed by atoms with Gasteiger partial charge >= 0.3 is 0 Å². The first-order chi connectivity index (χ1) is 14.3. The van der Waals surface area contributed by atoms with Crippen LogP contribution in [0.4, 0.5) is 0 Å². The smallest absolute Gasteiger partial charge is 0.194 e. The first kappa shape index (κ1) is 22.2. The van der Waals surface area contributed by atoms with Gasteiger partial charge in [-0.1, -0.05) is 36.4 Å². The number of imidazole rings is 1. The molecule has 0 amide bonds. The molecule has 30 heavy (non-hydrogen) atoms. The van der Waals surface area contributed by atoms with Crippen molar-refractivity contribution in [2.45, 2.75) is 13.1 Å². The summed E-state index contributed by atoms with van der Waals surface area (Å²) in [4.78, 5) is 18.0. The number of guanidine groups is 1. The predicted octanol–water partition coefficient (Wildman–Crippen LogP) is 2.78. The van der Waals surface area contributed by atoms with Crippen LogP contribution in [0.15, 0.2) is 72.4 Å². The molecule has 8 heteroatoms. The lowest BCUT2D eigenvalue weighted by atomic mass is 10.2. The highest BCUT2D eigenvalue weighted by molar-refractivity contribution is 14.0. The number of aromatic nitrogens is 3. The van der Waals surface area contributed by atoms with Crippen molar-refractivity contribution in [3.8, 4) is 5.82 Å². The van der Waals surface area contributed by atoms with E-state index in [1.807, 2.05) is 23.9 Å². The summed E-state index contributed by atoms with van der Waals surface area (Å²) in [6, 6.07) is 14.7. The standard InChI is InChI=1S/C22H27N7.HI/c1-23-22(26-16-20-8-5-9-25-21(20)29-11-10-24-18-29)28-14-12-27(13-15-28)17-19-6-3-2-4-7-19;/h2-11,18H,12-17H2,1H3,(H,23,26);1H. The Morgan fingerprint density at radius 3 is 2.53 bits per heavy atom. The average Bonchev–Trinajstić information content (AvgIpc) is 3.31. The van der Waals surface area contributed by atoms with Crippen molar-refractivity contribution in [3.63, 3.8) is 0 Å². The fourth-order valence-electron chi connectivity index (χ4n) is 3.65. The Labute approximate surface area is 194 Å². The van der Waals surface area contributed by atoms with Crippen molar-refractivity contribution in [1.29, 1.82) is 0 Å². The summed E-state index contributed by atoms with van der Waals surface area (Å²) in [6.07, 6.45) is 7.25. The highest BCUT2D eigenvalue weighted by atomic mass is 127. The van der Waals surface area contributed by atoms with Gasteiger partial charge in [0.15, 0.2) is 5.96 Å². The molecule has 3 heterocycles. The molecular weight excluding hydrogens is 489 g/mol. The van der Waals surface area contributed by atoms with E-state index in [-0.39, 0.29) is 24.0 Å². The maximum absolute atomic E-state index is 4.51. The van der Waals surface area contributed by atoms with E-state index in [1.165, 1.54) is 5.56 Å². The Morgan fingerprint density at radius 2 is 1.83 bits per heavy atom. The number of aliphatic imine (C=N–C) groups is 1. The van der Waals surface area contributed by atoms with Crippen LogP contribution >= 0.6 is 24.0 Å².